The number of imide groups is 1. The first-order valence-corrected chi connectivity index (χ1v) is 23.1. The number of amides is 3. The number of aromatic amines is 1. The number of piperidine rings is 2. The van der Waals surface area contributed by atoms with Gasteiger partial charge in [-0.05, 0) is 80.4 Å². The van der Waals surface area contributed by atoms with Crippen molar-refractivity contribution in [3.63, 3.8) is 0 Å². The van der Waals surface area contributed by atoms with Crippen LogP contribution >= 0.6 is 0 Å². The van der Waals surface area contributed by atoms with Crippen LogP contribution in [0.2, 0.25) is 0 Å². The fourth-order valence-electron chi connectivity index (χ4n) is 9.86. The van der Waals surface area contributed by atoms with Crippen molar-refractivity contribution in [1.82, 2.24) is 39.4 Å². The SMILES string of the molecule is O=C1CCC(c2ccc(C3CCN(CC(=O)N4CC5(C4)CN(c4ncc(-c6cnc7[nH]cc(C(=O)c8c(F)ccc(NS(=O)(=O)N9CCCC9)c8F)c7c6)cn4)C5)CC3)cc2)C(=O)N1. The van der Waals surface area contributed by atoms with E-state index in [2.05, 4.69) is 51.9 Å². The molecule has 0 bridgehead atoms. The van der Waals surface area contributed by atoms with Crippen molar-refractivity contribution < 1.29 is 36.4 Å². The van der Waals surface area contributed by atoms with Gasteiger partial charge < -0.3 is 14.8 Å². The number of hydrogen-bond donors (Lipinski definition) is 3. The van der Waals surface area contributed by atoms with Crippen LogP contribution in [-0.4, -0.2) is 125 Å². The molecule has 1 spiro atoms. The minimum Gasteiger partial charge on any atom is -0.345 e. The van der Waals surface area contributed by atoms with Crippen LogP contribution < -0.4 is 14.9 Å². The van der Waals surface area contributed by atoms with Crippen LogP contribution in [0.4, 0.5) is 20.4 Å². The summed E-state index contributed by atoms with van der Waals surface area (Å²) in [6.45, 7) is 5.45. The molecule has 3 N–H and O–H groups in total. The first-order valence-electron chi connectivity index (χ1n) is 21.6. The Labute approximate surface area is 367 Å². The highest BCUT2D eigenvalue weighted by Gasteiger charge is 2.54. The fraction of sp³-hybridized carbons (Fsp3) is 0.400. The summed E-state index contributed by atoms with van der Waals surface area (Å²) in [4.78, 5) is 73.5. The number of pyridine rings is 1. The average molecular weight is 893 g/mol. The summed E-state index contributed by atoms with van der Waals surface area (Å²) in [6, 6.07) is 11.7. The molecule has 1 unspecified atom stereocenters. The second-order valence-corrected chi connectivity index (χ2v) is 19.4. The molecule has 0 aliphatic carbocycles. The van der Waals surface area contributed by atoms with Gasteiger partial charge in [0.2, 0.25) is 29.5 Å². The Morgan fingerprint density at radius 3 is 2.23 bits per heavy atom. The topological polar surface area (TPSA) is 194 Å². The first kappa shape index (κ1) is 41.8. The van der Waals surface area contributed by atoms with Crippen LogP contribution in [0.3, 0.4) is 0 Å². The summed E-state index contributed by atoms with van der Waals surface area (Å²) < 4.78 is 59.8. The van der Waals surface area contributed by atoms with Crippen LogP contribution in [-0.2, 0) is 24.6 Å². The van der Waals surface area contributed by atoms with E-state index in [1.54, 1.807) is 24.7 Å². The second-order valence-electron chi connectivity index (χ2n) is 17.7. The van der Waals surface area contributed by atoms with E-state index in [1.807, 2.05) is 17.0 Å². The number of nitrogens with zero attached hydrogens (tertiary/aromatic N) is 7. The van der Waals surface area contributed by atoms with Crippen LogP contribution in [0.15, 0.2) is 67.3 Å². The lowest BCUT2D eigenvalue weighted by atomic mass is 9.73. The van der Waals surface area contributed by atoms with Gasteiger partial charge >= 0.3 is 10.2 Å². The molecule has 0 saturated carbocycles. The van der Waals surface area contributed by atoms with Crippen molar-refractivity contribution in [2.45, 2.75) is 50.4 Å². The third kappa shape index (κ3) is 7.89. The lowest BCUT2D eigenvalue weighted by Gasteiger charge is -2.60. The van der Waals surface area contributed by atoms with Gasteiger partial charge in [0.05, 0.1) is 23.7 Å². The van der Waals surface area contributed by atoms with Gasteiger partial charge in [-0.1, -0.05) is 24.3 Å². The molecule has 10 rings (SSSR count). The number of hydrogen-bond acceptors (Lipinski definition) is 11. The zero-order chi connectivity index (χ0) is 44.3. The number of carbonyl (C=O) groups excluding carboxylic acids is 4. The van der Waals surface area contributed by atoms with Gasteiger partial charge in [-0.15, -0.1) is 0 Å². The normalized spacial score (nSPS) is 20.6. The van der Waals surface area contributed by atoms with Crippen molar-refractivity contribution in [2.75, 3.05) is 68.5 Å². The molecule has 0 radical (unpaired) electrons. The summed E-state index contributed by atoms with van der Waals surface area (Å²) in [7, 11) is -4.10. The first-order chi connectivity index (χ1) is 30.8. The maximum Gasteiger partial charge on any atom is 0.301 e. The number of H-pyrrole nitrogens is 1. The number of fused-ring (bicyclic) bond motifs is 1. The molecule has 19 heteroatoms. The van der Waals surface area contributed by atoms with E-state index in [-0.39, 0.29) is 47.7 Å². The highest BCUT2D eigenvalue weighted by molar-refractivity contribution is 7.90. The molecular weight excluding hydrogens is 847 g/mol. The number of anilines is 2. The van der Waals surface area contributed by atoms with E-state index in [0.29, 0.717) is 79.3 Å². The molecule has 332 valence electrons. The van der Waals surface area contributed by atoms with E-state index >= 15 is 8.78 Å². The predicted molar refractivity (Wildman–Crippen MR) is 231 cm³/mol. The predicted octanol–water partition coefficient (Wildman–Crippen LogP) is 4.33. The van der Waals surface area contributed by atoms with Gasteiger partial charge in [0.15, 0.2) is 5.82 Å². The van der Waals surface area contributed by atoms with Crippen molar-refractivity contribution >= 4 is 56.4 Å². The van der Waals surface area contributed by atoms with E-state index in [0.717, 1.165) is 56.7 Å². The summed E-state index contributed by atoms with van der Waals surface area (Å²) >= 11 is 0. The number of likely N-dealkylation sites (tertiary alicyclic amines) is 2. The molecule has 5 aromatic rings. The minimum absolute atomic E-state index is 0.00746. The maximum atomic E-state index is 15.7. The molecule has 5 saturated heterocycles. The quantitative estimate of drug-likeness (QED) is 0.126. The molecule has 16 nitrogen and oxygen atoms in total. The molecular formula is C45H46F2N10O6S. The molecule has 64 heavy (non-hydrogen) atoms. The zero-order valence-corrected chi connectivity index (χ0v) is 35.7. The van der Waals surface area contributed by atoms with E-state index in [9.17, 15) is 27.6 Å². The van der Waals surface area contributed by atoms with Gasteiger partial charge in [-0.25, -0.2) is 23.7 Å². The zero-order valence-electron chi connectivity index (χ0n) is 34.9. The standard InChI is InChI=1S/C45H46F2N10O6S/c46-35-8-9-36(53-64(62,63)57-13-1-2-14-57)40(47)39(35)41(60)34-21-49-42-33(34)17-30(18-48-42)31-19-50-44(51-20-31)56-25-45(26-56)23-55(24-45)38(59)22-54-15-11-28(12-16-54)27-3-5-29(6-4-27)32-7-10-37(58)52-43(32)61/h3-6,8-9,17-21,28,32,53H,1-2,7,10-16,22-26H2,(H,48,49)(H,52,58,61). The molecule has 5 aliphatic rings. The third-order valence-electron chi connectivity index (χ3n) is 13.4. The lowest BCUT2D eigenvalue weighted by molar-refractivity contribution is -0.146. The summed E-state index contributed by atoms with van der Waals surface area (Å²) in [5, 5.41) is 2.74. The second kappa shape index (κ2) is 16.4. The van der Waals surface area contributed by atoms with Crippen LogP contribution in [0, 0.1) is 17.0 Å². The van der Waals surface area contributed by atoms with Crippen molar-refractivity contribution in [1.29, 1.82) is 0 Å². The number of ketones is 1. The number of halogens is 2. The molecule has 5 aliphatic heterocycles. The number of carbonyl (C=O) groups is 4. The van der Waals surface area contributed by atoms with Crippen LogP contribution in [0.1, 0.15) is 77.4 Å². The Morgan fingerprint density at radius 1 is 0.844 bits per heavy atom. The number of benzene rings is 2. The number of nitrogens with one attached hydrogen (secondary N) is 3. The average Bonchev–Trinajstić information content (AvgIpc) is 3.96. The summed E-state index contributed by atoms with van der Waals surface area (Å²) in [5.74, 6) is -3.08. The van der Waals surface area contributed by atoms with Gasteiger partial charge in [0.1, 0.15) is 11.5 Å². The third-order valence-corrected chi connectivity index (χ3v) is 15.0. The van der Waals surface area contributed by atoms with Crippen LogP contribution in [0.25, 0.3) is 22.2 Å². The van der Waals surface area contributed by atoms with Gasteiger partial charge in [-0.3, -0.25) is 34.1 Å². The van der Waals surface area contributed by atoms with Crippen LogP contribution in [0.5, 0.6) is 0 Å². The number of aromatic nitrogens is 4. The molecule has 2 aromatic carbocycles. The largest absolute Gasteiger partial charge is 0.345 e. The maximum absolute atomic E-state index is 15.7. The molecule has 3 aromatic heterocycles. The summed E-state index contributed by atoms with van der Waals surface area (Å²) in [5.41, 5.74) is 2.20. The van der Waals surface area contributed by atoms with E-state index in [1.165, 1.54) is 16.1 Å². The fourth-order valence-corrected chi connectivity index (χ4v) is 11.2. The summed E-state index contributed by atoms with van der Waals surface area (Å²) in [6.07, 6.45) is 10.3. The monoisotopic (exact) mass is 892 g/mol. The van der Waals surface area contributed by atoms with Gasteiger partial charge in [0.25, 0.3) is 0 Å². The molecule has 8 heterocycles. The Morgan fingerprint density at radius 2 is 1.53 bits per heavy atom. The lowest BCUT2D eigenvalue weighted by Crippen LogP contribution is -2.73. The molecule has 1 atom stereocenters. The van der Waals surface area contributed by atoms with E-state index in [4.69, 9.17) is 0 Å². The minimum atomic E-state index is -4.10. The Balaban J connectivity index is 0.714. The highest BCUT2D eigenvalue weighted by Crippen LogP contribution is 2.41. The highest BCUT2D eigenvalue weighted by atomic mass is 32.2. The van der Waals surface area contributed by atoms with Gasteiger partial charge in [-0.2, -0.15) is 12.7 Å². The Bertz CT molecular complexity index is 2780. The Kier molecular flexibility index (Phi) is 10.7. The Hall–Kier alpha value is -6.18. The molecule has 5 fully saturated rings. The van der Waals surface area contributed by atoms with E-state index < -0.39 is 38.9 Å². The molecule has 3 amide bonds. The number of rotatable bonds is 11. The smallest absolute Gasteiger partial charge is 0.301 e. The van der Waals surface area contributed by atoms with Crippen molar-refractivity contribution in [3.8, 4) is 11.1 Å². The van der Waals surface area contributed by atoms with Crippen molar-refractivity contribution in [3.05, 3.63) is 101 Å². The van der Waals surface area contributed by atoms with Gasteiger partial charge in [0, 0.05) is 98.0 Å². The van der Waals surface area contributed by atoms with Crippen molar-refractivity contribution in [2.24, 2.45) is 5.41 Å².